The van der Waals surface area contributed by atoms with Crippen LogP contribution in [0.1, 0.15) is 18.4 Å². The minimum absolute atomic E-state index is 0.0277. The Bertz CT molecular complexity index is 1090. The fourth-order valence-corrected chi connectivity index (χ4v) is 3.15. The van der Waals surface area contributed by atoms with Crippen LogP contribution in [0.3, 0.4) is 0 Å². The molecule has 140 valence electrons. The summed E-state index contributed by atoms with van der Waals surface area (Å²) in [6.07, 6.45) is 6.92. The first-order chi connectivity index (χ1) is 13.7. The number of carbonyl (C=O) groups is 1. The number of benzene rings is 2. The van der Waals surface area contributed by atoms with Crippen molar-refractivity contribution in [1.82, 2.24) is 15.2 Å². The summed E-state index contributed by atoms with van der Waals surface area (Å²) >= 11 is 0. The number of hydrogen-bond donors (Lipinski definition) is 2. The van der Waals surface area contributed by atoms with Gasteiger partial charge in [0, 0.05) is 29.6 Å². The molecule has 0 radical (unpaired) electrons. The van der Waals surface area contributed by atoms with Crippen LogP contribution in [0.4, 0.5) is 10.1 Å². The number of halogens is 1. The second-order valence-corrected chi connectivity index (χ2v) is 6.63. The van der Waals surface area contributed by atoms with E-state index in [1.54, 1.807) is 30.7 Å². The second kappa shape index (κ2) is 8.00. The molecule has 6 heteroatoms. The van der Waals surface area contributed by atoms with Gasteiger partial charge in [-0.25, -0.2) is 4.39 Å². The van der Waals surface area contributed by atoms with E-state index in [0.717, 1.165) is 29.4 Å². The number of pyridine rings is 1. The third-order valence-corrected chi connectivity index (χ3v) is 4.61. The molecular weight excluding hydrogens is 355 g/mol. The summed E-state index contributed by atoms with van der Waals surface area (Å²) in [5.41, 5.74) is 3.87. The Morgan fingerprint density at radius 3 is 2.75 bits per heavy atom. The number of aromatic amines is 1. The maximum absolute atomic E-state index is 14.4. The van der Waals surface area contributed by atoms with E-state index in [2.05, 4.69) is 20.5 Å². The molecule has 0 aliphatic carbocycles. The largest absolute Gasteiger partial charge is 0.325 e. The number of aromatic nitrogens is 3. The molecule has 0 aliphatic rings. The van der Waals surface area contributed by atoms with Gasteiger partial charge in [-0.15, -0.1) is 0 Å². The molecule has 5 nitrogen and oxygen atoms in total. The van der Waals surface area contributed by atoms with E-state index in [4.69, 9.17) is 0 Å². The molecule has 4 aromatic rings. The average molecular weight is 374 g/mol. The number of rotatable bonds is 6. The Kier molecular flexibility index (Phi) is 5.10. The van der Waals surface area contributed by atoms with Gasteiger partial charge in [0.1, 0.15) is 5.82 Å². The molecule has 28 heavy (non-hydrogen) atoms. The van der Waals surface area contributed by atoms with Gasteiger partial charge in [-0.2, -0.15) is 5.10 Å². The van der Waals surface area contributed by atoms with Crippen molar-refractivity contribution < 1.29 is 9.18 Å². The van der Waals surface area contributed by atoms with Crippen LogP contribution in [-0.4, -0.2) is 21.1 Å². The first-order valence-electron chi connectivity index (χ1n) is 9.11. The van der Waals surface area contributed by atoms with Gasteiger partial charge in [0.2, 0.25) is 5.91 Å². The van der Waals surface area contributed by atoms with Gasteiger partial charge in [-0.05, 0) is 42.2 Å². The Morgan fingerprint density at radius 2 is 1.96 bits per heavy atom. The molecule has 1 amide bonds. The number of hydrogen-bond acceptors (Lipinski definition) is 3. The number of nitrogens with one attached hydrogen (secondary N) is 2. The SMILES string of the molecule is O=C(CCCc1ccc(-c2cc3cn[nH]c3cc2F)cc1)Nc1cccnc1. The van der Waals surface area contributed by atoms with Gasteiger partial charge >= 0.3 is 0 Å². The first kappa shape index (κ1) is 17.9. The van der Waals surface area contributed by atoms with Crippen LogP contribution < -0.4 is 5.32 Å². The highest BCUT2D eigenvalue weighted by atomic mass is 19.1. The van der Waals surface area contributed by atoms with Crippen molar-refractivity contribution in [1.29, 1.82) is 0 Å². The molecule has 0 fully saturated rings. The zero-order valence-corrected chi connectivity index (χ0v) is 15.2. The van der Waals surface area contributed by atoms with E-state index in [0.29, 0.717) is 23.2 Å². The van der Waals surface area contributed by atoms with Crippen molar-refractivity contribution in [2.45, 2.75) is 19.3 Å². The molecule has 0 aliphatic heterocycles. The van der Waals surface area contributed by atoms with E-state index in [9.17, 15) is 9.18 Å². The average Bonchev–Trinajstić information content (AvgIpc) is 3.16. The highest BCUT2D eigenvalue weighted by Crippen LogP contribution is 2.27. The van der Waals surface area contributed by atoms with Gasteiger partial charge in [0.15, 0.2) is 0 Å². The fourth-order valence-electron chi connectivity index (χ4n) is 3.15. The second-order valence-electron chi connectivity index (χ2n) is 6.63. The molecule has 2 aromatic carbocycles. The lowest BCUT2D eigenvalue weighted by Crippen LogP contribution is -2.11. The zero-order valence-electron chi connectivity index (χ0n) is 15.2. The lowest BCUT2D eigenvalue weighted by atomic mass is 10.00. The number of H-pyrrole nitrogens is 1. The van der Waals surface area contributed by atoms with Crippen LogP contribution in [0.15, 0.2) is 67.1 Å². The van der Waals surface area contributed by atoms with Crippen LogP contribution in [0, 0.1) is 5.82 Å². The van der Waals surface area contributed by atoms with Gasteiger partial charge in [0.25, 0.3) is 0 Å². The zero-order chi connectivity index (χ0) is 19.3. The number of aryl methyl sites for hydroxylation is 1. The summed E-state index contributed by atoms with van der Waals surface area (Å²) in [5, 5.41) is 10.4. The highest BCUT2D eigenvalue weighted by Gasteiger charge is 2.09. The van der Waals surface area contributed by atoms with Gasteiger partial charge in [0.05, 0.1) is 23.6 Å². The Morgan fingerprint density at radius 1 is 1.11 bits per heavy atom. The lowest BCUT2D eigenvalue weighted by Gasteiger charge is -2.07. The predicted molar refractivity (Wildman–Crippen MR) is 107 cm³/mol. The third kappa shape index (κ3) is 4.06. The van der Waals surface area contributed by atoms with Crippen LogP contribution in [-0.2, 0) is 11.2 Å². The van der Waals surface area contributed by atoms with Crippen molar-refractivity contribution in [3.05, 3.63) is 78.5 Å². The van der Waals surface area contributed by atoms with Crippen LogP contribution in [0.25, 0.3) is 22.0 Å². The van der Waals surface area contributed by atoms with Gasteiger partial charge < -0.3 is 5.32 Å². The van der Waals surface area contributed by atoms with Crippen LogP contribution in [0.2, 0.25) is 0 Å². The summed E-state index contributed by atoms with van der Waals surface area (Å²) in [4.78, 5) is 15.9. The van der Waals surface area contributed by atoms with Crippen LogP contribution >= 0.6 is 0 Å². The molecule has 0 bridgehead atoms. The van der Waals surface area contributed by atoms with Crippen molar-refractivity contribution in [2.75, 3.05) is 5.32 Å². The van der Waals surface area contributed by atoms with Gasteiger partial charge in [-0.3, -0.25) is 14.9 Å². The summed E-state index contributed by atoms with van der Waals surface area (Å²) in [7, 11) is 0. The van der Waals surface area contributed by atoms with Gasteiger partial charge in [-0.1, -0.05) is 24.3 Å². The minimum atomic E-state index is -0.281. The van der Waals surface area contributed by atoms with E-state index >= 15 is 0 Å². The number of carbonyl (C=O) groups excluding carboxylic acids is 1. The summed E-state index contributed by atoms with van der Waals surface area (Å²) in [5.74, 6) is -0.309. The fraction of sp³-hybridized carbons (Fsp3) is 0.136. The summed E-state index contributed by atoms with van der Waals surface area (Å²) in [6.45, 7) is 0. The van der Waals surface area contributed by atoms with E-state index < -0.39 is 0 Å². The van der Waals surface area contributed by atoms with E-state index in [1.807, 2.05) is 30.3 Å². The van der Waals surface area contributed by atoms with Crippen molar-refractivity contribution in [3.63, 3.8) is 0 Å². The molecule has 0 unspecified atom stereocenters. The molecular formula is C22H19FN4O. The third-order valence-electron chi connectivity index (χ3n) is 4.61. The Hall–Kier alpha value is -3.54. The standard InChI is InChI=1S/C22H19FN4O/c23-20-12-21-17(13-25-27-21)11-19(20)16-8-6-15(7-9-16)3-1-5-22(28)26-18-4-2-10-24-14-18/h2,4,6-14H,1,3,5H2,(H,25,27)(H,26,28). The lowest BCUT2D eigenvalue weighted by molar-refractivity contribution is -0.116. The van der Waals surface area contributed by atoms with E-state index in [1.165, 1.54) is 6.07 Å². The highest BCUT2D eigenvalue weighted by molar-refractivity contribution is 5.90. The molecule has 4 rings (SSSR count). The van der Waals surface area contributed by atoms with Crippen molar-refractivity contribution in [2.24, 2.45) is 0 Å². The monoisotopic (exact) mass is 374 g/mol. The topological polar surface area (TPSA) is 70.7 Å². The van der Waals surface area contributed by atoms with Crippen molar-refractivity contribution >= 4 is 22.5 Å². The van der Waals surface area contributed by atoms with E-state index in [-0.39, 0.29) is 11.7 Å². The number of anilines is 1. The molecule has 0 saturated heterocycles. The normalized spacial score (nSPS) is 10.9. The summed E-state index contributed by atoms with van der Waals surface area (Å²) < 4.78 is 14.4. The molecule has 2 aromatic heterocycles. The minimum Gasteiger partial charge on any atom is -0.325 e. The number of nitrogens with zero attached hydrogens (tertiary/aromatic N) is 2. The molecule has 2 N–H and O–H groups in total. The van der Waals surface area contributed by atoms with Crippen LogP contribution in [0.5, 0.6) is 0 Å². The molecule has 2 heterocycles. The smallest absolute Gasteiger partial charge is 0.224 e. The Labute approximate surface area is 161 Å². The maximum Gasteiger partial charge on any atom is 0.224 e. The molecule has 0 atom stereocenters. The number of amides is 1. The Balaban J connectivity index is 1.35. The number of fused-ring (bicyclic) bond motifs is 1. The summed E-state index contributed by atoms with van der Waals surface area (Å²) in [6, 6.07) is 14.6. The maximum atomic E-state index is 14.4. The molecule has 0 spiro atoms. The predicted octanol–water partition coefficient (Wildman–Crippen LogP) is 4.73. The first-order valence-corrected chi connectivity index (χ1v) is 9.11. The molecule has 0 saturated carbocycles. The quantitative estimate of drug-likeness (QED) is 0.513. The van der Waals surface area contributed by atoms with Crippen molar-refractivity contribution in [3.8, 4) is 11.1 Å².